The lowest BCUT2D eigenvalue weighted by Gasteiger charge is -2.44. The fourth-order valence-corrected chi connectivity index (χ4v) is 10.3. The zero-order chi connectivity index (χ0) is 49.8. The molecule has 9 aromatic carbocycles. The summed E-state index contributed by atoms with van der Waals surface area (Å²) in [6, 6.07) is 43.4. The monoisotopic (exact) mass is 803 g/mol. The highest BCUT2D eigenvalue weighted by Gasteiger charge is 2.44. The average Bonchev–Trinajstić information content (AvgIpc) is 3.88. The lowest BCUT2D eigenvalue weighted by molar-refractivity contribution is 0.660. The zero-order valence-electron chi connectivity index (χ0n) is 43.7. The second-order valence-electron chi connectivity index (χ2n) is 16.6. The van der Waals surface area contributed by atoms with Gasteiger partial charge in [0.15, 0.2) is 0 Å². The van der Waals surface area contributed by atoms with Crippen molar-refractivity contribution in [3.05, 3.63) is 217 Å². The Kier molecular flexibility index (Phi) is 5.60. The molecule has 0 spiro atoms. The van der Waals surface area contributed by atoms with Gasteiger partial charge in [0.2, 0.25) is 0 Å². The SMILES string of the molecule is [2H]c1c([2H])c([2H])c(N(c2ccc3c(c2)N(c2ccc4c(c2)C(C)(C)c2ccccc2-4)c2cccc4c2B3c2ccccc2N4c2ccc3oc4ccccc4c3c2)c2c([2H])c([2H])c([2H])c([2H])c2[2H])c([2H])c1[2H]. The summed E-state index contributed by atoms with van der Waals surface area (Å²) >= 11 is 0. The Morgan fingerprint density at radius 3 is 1.90 bits per heavy atom. The van der Waals surface area contributed by atoms with E-state index in [0.717, 1.165) is 77.9 Å². The number of para-hydroxylation sites is 4. The Balaban J connectivity index is 1.10. The molecule has 2 aliphatic heterocycles. The molecule has 292 valence electrons. The molecule has 0 fully saturated rings. The lowest BCUT2D eigenvalue weighted by Crippen LogP contribution is -2.61. The molecule has 4 nitrogen and oxygen atoms in total. The van der Waals surface area contributed by atoms with E-state index in [1.54, 1.807) is 6.07 Å². The quantitative estimate of drug-likeness (QED) is 0.162. The first-order valence-electron chi connectivity index (χ1n) is 25.7. The molecule has 0 bridgehead atoms. The predicted octanol–water partition coefficient (Wildman–Crippen LogP) is 13.4. The van der Waals surface area contributed by atoms with E-state index >= 15 is 0 Å². The Labute approximate surface area is 375 Å². The van der Waals surface area contributed by atoms with Crippen molar-refractivity contribution in [3.63, 3.8) is 0 Å². The van der Waals surface area contributed by atoms with Crippen LogP contribution in [0.4, 0.5) is 51.2 Å². The number of benzene rings is 9. The number of hydrogen-bond acceptors (Lipinski definition) is 4. The molecule has 3 aliphatic rings. The van der Waals surface area contributed by atoms with Crippen LogP contribution >= 0.6 is 0 Å². The third-order valence-corrected chi connectivity index (χ3v) is 13.0. The molecule has 0 N–H and O–H groups in total. The van der Waals surface area contributed by atoms with Crippen molar-refractivity contribution in [1.29, 1.82) is 0 Å². The van der Waals surface area contributed by atoms with Crippen LogP contribution in [0.15, 0.2) is 210 Å². The van der Waals surface area contributed by atoms with Crippen molar-refractivity contribution in [2.45, 2.75) is 19.3 Å². The molecule has 0 radical (unpaired) electrons. The van der Waals surface area contributed by atoms with E-state index in [1.165, 1.54) is 16.0 Å². The lowest BCUT2D eigenvalue weighted by atomic mass is 9.33. The van der Waals surface area contributed by atoms with E-state index in [-0.39, 0.29) is 29.2 Å². The van der Waals surface area contributed by atoms with Crippen LogP contribution < -0.4 is 31.1 Å². The second-order valence-corrected chi connectivity index (χ2v) is 16.6. The first-order valence-corrected chi connectivity index (χ1v) is 20.7. The summed E-state index contributed by atoms with van der Waals surface area (Å²) in [4.78, 5) is 5.75. The Bertz CT molecular complexity index is 3920. The van der Waals surface area contributed by atoms with Crippen LogP contribution in [0, 0.1) is 0 Å². The van der Waals surface area contributed by atoms with Crippen LogP contribution in [0.5, 0.6) is 0 Å². The van der Waals surface area contributed by atoms with Crippen molar-refractivity contribution in [2.75, 3.05) is 14.7 Å². The van der Waals surface area contributed by atoms with Crippen molar-refractivity contribution in [3.8, 4) is 11.1 Å². The summed E-state index contributed by atoms with van der Waals surface area (Å²) in [5.74, 6) is 0. The topological polar surface area (TPSA) is 22.9 Å². The van der Waals surface area contributed by atoms with Crippen molar-refractivity contribution in [1.82, 2.24) is 0 Å². The van der Waals surface area contributed by atoms with Crippen LogP contribution in [-0.2, 0) is 5.41 Å². The predicted molar refractivity (Wildman–Crippen MR) is 260 cm³/mol. The number of anilines is 9. The van der Waals surface area contributed by atoms with Crippen LogP contribution in [0.2, 0.25) is 0 Å². The summed E-state index contributed by atoms with van der Waals surface area (Å²) < 4.78 is 95.1. The van der Waals surface area contributed by atoms with E-state index in [2.05, 4.69) is 115 Å². The van der Waals surface area contributed by atoms with Crippen molar-refractivity contribution in [2.24, 2.45) is 0 Å². The van der Waals surface area contributed by atoms with Gasteiger partial charge in [-0.1, -0.05) is 129 Å². The molecule has 0 saturated heterocycles. The molecule has 1 aliphatic carbocycles. The minimum atomic E-state index is -0.630. The third kappa shape index (κ3) is 4.96. The maximum atomic E-state index is 9.23. The highest BCUT2D eigenvalue weighted by molar-refractivity contribution is 7.00. The number of hydrogen-bond donors (Lipinski definition) is 0. The summed E-state index contributed by atoms with van der Waals surface area (Å²) in [7, 11) is 0. The van der Waals surface area contributed by atoms with Gasteiger partial charge in [0.25, 0.3) is 6.71 Å². The van der Waals surface area contributed by atoms with E-state index < -0.39 is 60.4 Å². The van der Waals surface area contributed by atoms with Gasteiger partial charge in [-0.2, -0.15) is 0 Å². The number of fused-ring (bicyclic) bond motifs is 10. The maximum absolute atomic E-state index is 9.23. The van der Waals surface area contributed by atoms with Gasteiger partial charge in [-0.15, -0.1) is 0 Å². The molecule has 62 heavy (non-hydrogen) atoms. The summed E-state index contributed by atoms with van der Waals surface area (Å²) in [6.07, 6.45) is 0. The zero-order valence-corrected chi connectivity index (χ0v) is 33.7. The minimum Gasteiger partial charge on any atom is -0.456 e. The third-order valence-electron chi connectivity index (χ3n) is 13.0. The summed E-state index contributed by atoms with van der Waals surface area (Å²) in [5, 5.41) is 2.02. The average molecular weight is 804 g/mol. The standard InChI is InChI=1S/C57H40BN3O/c1-57(2)46-22-11-9-20-42(46)43-31-28-40(35-47(43)57)61-52-26-15-25-51-56(52)58(49-32-29-41(36-53(49)61)59(37-16-5-3-6-17-37)38-18-7-4-8-19-38)48-23-12-13-24-50(48)60(51)39-30-33-55-45(34-39)44-21-10-14-27-54(44)62-55/h3-36H,1-2H3/i3D,4D,5D,6D,7D,8D,16D,17D,18D,19D. The van der Waals surface area contributed by atoms with E-state index in [1.807, 2.05) is 48.5 Å². The molecule has 0 amide bonds. The van der Waals surface area contributed by atoms with Crippen LogP contribution in [0.1, 0.15) is 38.7 Å². The molecule has 0 unspecified atom stereocenters. The fourth-order valence-electron chi connectivity index (χ4n) is 10.3. The van der Waals surface area contributed by atoms with E-state index in [0.29, 0.717) is 5.69 Å². The molecule has 3 heterocycles. The Hall–Kier alpha value is -7.76. The van der Waals surface area contributed by atoms with Crippen molar-refractivity contribution >= 4 is 96.2 Å². The van der Waals surface area contributed by atoms with Gasteiger partial charge in [-0.25, -0.2) is 0 Å². The maximum Gasteiger partial charge on any atom is 0.252 e. The van der Waals surface area contributed by atoms with E-state index in [4.69, 9.17) is 12.6 Å². The van der Waals surface area contributed by atoms with Gasteiger partial charge in [-0.05, 0) is 130 Å². The normalized spacial score (nSPS) is 16.3. The molecule has 1 aromatic heterocycles. The first kappa shape index (κ1) is 26.5. The van der Waals surface area contributed by atoms with Crippen LogP contribution in [-0.4, -0.2) is 6.71 Å². The van der Waals surface area contributed by atoms with Gasteiger partial charge >= 0.3 is 0 Å². The highest BCUT2D eigenvalue weighted by atomic mass is 16.3. The van der Waals surface area contributed by atoms with Gasteiger partial charge < -0.3 is 19.1 Å². The van der Waals surface area contributed by atoms with Crippen LogP contribution in [0.25, 0.3) is 33.1 Å². The number of rotatable bonds is 5. The first-order chi connectivity index (χ1) is 34.7. The molecule has 10 aromatic rings. The van der Waals surface area contributed by atoms with Gasteiger partial charge in [-0.3, -0.25) is 0 Å². The molecule has 0 saturated carbocycles. The summed E-state index contributed by atoms with van der Waals surface area (Å²) in [5.41, 5.74) is 13.7. The smallest absolute Gasteiger partial charge is 0.252 e. The van der Waals surface area contributed by atoms with Crippen LogP contribution in [0.3, 0.4) is 0 Å². The van der Waals surface area contributed by atoms with Gasteiger partial charge in [0, 0.05) is 67.4 Å². The van der Waals surface area contributed by atoms with Gasteiger partial charge in [0.1, 0.15) is 11.2 Å². The molecule has 5 heteroatoms. The van der Waals surface area contributed by atoms with Gasteiger partial charge in [0.05, 0.1) is 13.7 Å². The van der Waals surface area contributed by atoms with Crippen molar-refractivity contribution < 1.29 is 18.1 Å². The molecule has 0 atom stereocenters. The highest BCUT2D eigenvalue weighted by Crippen LogP contribution is 2.52. The van der Waals surface area contributed by atoms with E-state index in [9.17, 15) is 5.48 Å². The number of furan rings is 1. The Morgan fingerprint density at radius 1 is 0.484 bits per heavy atom. The molecular formula is C57H40BN3O. The fraction of sp³-hybridized carbons (Fsp3) is 0.0526. The summed E-state index contributed by atoms with van der Waals surface area (Å²) in [6.45, 7) is 4.13. The minimum absolute atomic E-state index is 0.218. The second kappa shape index (κ2) is 13.1. The number of nitrogens with zero attached hydrogens (tertiary/aromatic N) is 3. The molecular weight excluding hydrogens is 753 g/mol. The Morgan fingerprint density at radius 2 is 1.10 bits per heavy atom. The molecule has 13 rings (SSSR count). The largest absolute Gasteiger partial charge is 0.456 e.